The molecule has 1 aliphatic heterocycles. The molecule has 1 aliphatic rings. The lowest BCUT2D eigenvalue weighted by Crippen LogP contribution is -2.42. The highest BCUT2D eigenvalue weighted by Gasteiger charge is 2.29. The predicted molar refractivity (Wildman–Crippen MR) is 144 cm³/mol. The summed E-state index contributed by atoms with van der Waals surface area (Å²) in [7, 11) is 0. The van der Waals surface area contributed by atoms with Gasteiger partial charge in [0.1, 0.15) is 5.69 Å². The minimum absolute atomic E-state index is 0.000445. The first kappa shape index (κ1) is 24.4. The van der Waals surface area contributed by atoms with E-state index < -0.39 is 23.9 Å². The van der Waals surface area contributed by atoms with E-state index in [1.54, 1.807) is 36.4 Å². The number of para-hydroxylation sites is 1. The number of nitrogens with one attached hydrogen (secondary N) is 4. The van der Waals surface area contributed by atoms with E-state index in [0.717, 1.165) is 11.1 Å². The zero-order valence-corrected chi connectivity index (χ0v) is 21.3. The SMILES string of the molecule is O=C(Nc1n[nH]c(C(=O)NC2N=C(c3ccccc3)c3ccccc3NC2=O)c1Br)c1ccccc1Cl. The molecule has 9 nitrogen and oxygen atoms in total. The Morgan fingerprint density at radius 3 is 2.41 bits per heavy atom. The van der Waals surface area contributed by atoms with Crippen LogP contribution in [0.25, 0.3) is 0 Å². The van der Waals surface area contributed by atoms with Crippen molar-refractivity contribution >= 4 is 62.5 Å². The number of aromatic nitrogens is 2. The summed E-state index contributed by atoms with van der Waals surface area (Å²) in [4.78, 5) is 43.3. The van der Waals surface area contributed by atoms with Crippen molar-refractivity contribution in [1.82, 2.24) is 15.5 Å². The Labute approximate surface area is 224 Å². The highest BCUT2D eigenvalue weighted by molar-refractivity contribution is 9.10. The molecule has 3 amide bonds. The van der Waals surface area contributed by atoms with Crippen LogP contribution < -0.4 is 16.0 Å². The van der Waals surface area contributed by atoms with Gasteiger partial charge in [-0.3, -0.25) is 19.5 Å². The number of rotatable bonds is 5. The number of aromatic amines is 1. The van der Waals surface area contributed by atoms with Crippen LogP contribution in [-0.4, -0.2) is 39.8 Å². The first-order valence-corrected chi connectivity index (χ1v) is 12.2. The second-order valence-electron chi connectivity index (χ2n) is 7.95. The zero-order chi connectivity index (χ0) is 25.9. The van der Waals surface area contributed by atoms with Crippen LogP contribution in [0.4, 0.5) is 11.5 Å². The maximum Gasteiger partial charge on any atom is 0.272 e. The lowest BCUT2D eigenvalue weighted by atomic mass is 10.0. The second-order valence-corrected chi connectivity index (χ2v) is 9.15. The molecule has 0 fully saturated rings. The quantitative estimate of drug-likeness (QED) is 0.276. The van der Waals surface area contributed by atoms with Crippen LogP contribution in [-0.2, 0) is 4.79 Å². The minimum atomic E-state index is -1.23. The summed E-state index contributed by atoms with van der Waals surface area (Å²) in [5.74, 6) is -1.57. The van der Waals surface area contributed by atoms with Gasteiger partial charge in [0, 0.05) is 11.1 Å². The molecular weight excluding hydrogens is 560 g/mol. The van der Waals surface area contributed by atoms with Crippen LogP contribution in [0.15, 0.2) is 88.3 Å². The van der Waals surface area contributed by atoms with Crippen LogP contribution in [0.2, 0.25) is 5.02 Å². The van der Waals surface area contributed by atoms with Crippen molar-refractivity contribution in [2.45, 2.75) is 6.17 Å². The number of benzodiazepines with no additional fused rings is 1. The Balaban J connectivity index is 1.40. The fourth-order valence-corrected chi connectivity index (χ4v) is 4.44. The molecule has 1 aromatic heterocycles. The number of hydrogen-bond donors (Lipinski definition) is 4. The second kappa shape index (κ2) is 10.4. The highest BCUT2D eigenvalue weighted by atomic mass is 79.9. The summed E-state index contributed by atoms with van der Waals surface area (Å²) in [6.07, 6.45) is -1.23. The van der Waals surface area contributed by atoms with Crippen LogP contribution in [0.1, 0.15) is 32.0 Å². The van der Waals surface area contributed by atoms with Gasteiger partial charge in [0.05, 0.1) is 26.5 Å². The fourth-order valence-electron chi connectivity index (χ4n) is 3.76. The Morgan fingerprint density at radius 1 is 0.919 bits per heavy atom. The average molecular weight is 578 g/mol. The van der Waals surface area contributed by atoms with Gasteiger partial charge in [-0.05, 0) is 34.1 Å². The van der Waals surface area contributed by atoms with E-state index in [4.69, 9.17) is 11.6 Å². The Kier molecular flexibility index (Phi) is 6.85. The number of carbonyl (C=O) groups is 3. The molecule has 0 saturated carbocycles. The molecular formula is C26H18BrClN6O3. The van der Waals surface area contributed by atoms with Gasteiger partial charge in [-0.15, -0.1) is 0 Å². The summed E-state index contributed by atoms with van der Waals surface area (Å²) in [6, 6.07) is 23.2. The molecule has 2 heterocycles. The van der Waals surface area contributed by atoms with Crippen molar-refractivity contribution in [1.29, 1.82) is 0 Å². The van der Waals surface area contributed by atoms with Gasteiger partial charge in [0.2, 0.25) is 6.17 Å². The molecule has 0 bridgehead atoms. The molecule has 0 spiro atoms. The topological polar surface area (TPSA) is 128 Å². The number of carbonyl (C=O) groups excluding carboxylic acids is 3. The van der Waals surface area contributed by atoms with Crippen LogP contribution in [0, 0.1) is 0 Å². The standard InChI is InChI=1S/C26H18BrClN6O3/c27-19-21(33-34-22(19)31-24(35)15-10-4-6-12-17(15)28)25(36)32-23-26(37)29-18-13-7-5-11-16(18)20(30-23)14-8-2-1-3-9-14/h1-13,23H,(H,29,37)(H,32,36)(H2,31,33,34,35). The third-order valence-electron chi connectivity index (χ3n) is 5.55. The number of nitrogens with zero attached hydrogens (tertiary/aromatic N) is 2. The lowest BCUT2D eigenvalue weighted by molar-refractivity contribution is -0.117. The zero-order valence-electron chi connectivity index (χ0n) is 19.0. The lowest BCUT2D eigenvalue weighted by Gasteiger charge is -2.13. The first-order chi connectivity index (χ1) is 17.9. The van der Waals surface area contributed by atoms with Crippen molar-refractivity contribution in [2.75, 3.05) is 10.6 Å². The molecule has 1 unspecified atom stereocenters. The molecule has 0 saturated heterocycles. The van der Waals surface area contributed by atoms with Gasteiger partial charge in [0.25, 0.3) is 17.7 Å². The Bertz CT molecular complexity index is 1550. The van der Waals surface area contributed by atoms with Gasteiger partial charge >= 0.3 is 0 Å². The molecule has 184 valence electrons. The average Bonchev–Trinajstić information content (AvgIpc) is 3.20. The molecule has 3 aromatic carbocycles. The molecule has 0 radical (unpaired) electrons. The number of anilines is 2. The molecule has 4 N–H and O–H groups in total. The van der Waals surface area contributed by atoms with E-state index in [2.05, 4.69) is 47.1 Å². The van der Waals surface area contributed by atoms with Gasteiger partial charge in [-0.25, -0.2) is 4.99 Å². The van der Waals surface area contributed by atoms with Crippen molar-refractivity contribution in [3.63, 3.8) is 0 Å². The van der Waals surface area contributed by atoms with Gasteiger partial charge < -0.3 is 16.0 Å². The highest BCUT2D eigenvalue weighted by Crippen LogP contribution is 2.27. The first-order valence-electron chi connectivity index (χ1n) is 11.1. The van der Waals surface area contributed by atoms with E-state index in [0.29, 0.717) is 11.4 Å². The smallest absolute Gasteiger partial charge is 0.272 e. The fraction of sp³-hybridized carbons (Fsp3) is 0.0385. The number of benzene rings is 3. The molecule has 1 atom stereocenters. The summed E-state index contributed by atoms with van der Waals surface area (Å²) in [6.45, 7) is 0. The summed E-state index contributed by atoms with van der Waals surface area (Å²) in [5, 5.41) is 14.9. The van der Waals surface area contributed by atoms with Crippen molar-refractivity contribution in [3.05, 3.63) is 111 Å². The van der Waals surface area contributed by atoms with Gasteiger partial charge in [-0.2, -0.15) is 5.10 Å². The maximum atomic E-state index is 13.1. The normalized spacial score (nSPS) is 14.6. The number of aliphatic imine (C=N–C) groups is 1. The van der Waals surface area contributed by atoms with E-state index >= 15 is 0 Å². The largest absolute Gasteiger partial charge is 0.322 e. The van der Waals surface area contributed by atoms with Crippen LogP contribution >= 0.6 is 27.5 Å². The molecule has 11 heteroatoms. The number of amides is 3. The van der Waals surface area contributed by atoms with Crippen molar-refractivity contribution in [3.8, 4) is 0 Å². The summed E-state index contributed by atoms with van der Waals surface area (Å²) < 4.78 is 0.204. The number of H-pyrrole nitrogens is 1. The molecule has 0 aliphatic carbocycles. The van der Waals surface area contributed by atoms with Crippen molar-refractivity contribution in [2.24, 2.45) is 4.99 Å². The molecule has 5 rings (SSSR count). The minimum Gasteiger partial charge on any atom is -0.322 e. The molecule has 37 heavy (non-hydrogen) atoms. The predicted octanol–water partition coefficient (Wildman–Crippen LogP) is 4.62. The van der Waals surface area contributed by atoms with Gasteiger partial charge in [-0.1, -0.05) is 72.3 Å². The van der Waals surface area contributed by atoms with E-state index in [1.165, 1.54) is 0 Å². The number of hydrogen-bond acceptors (Lipinski definition) is 5. The van der Waals surface area contributed by atoms with Crippen LogP contribution in [0.5, 0.6) is 0 Å². The molecule has 4 aromatic rings. The Morgan fingerprint density at radius 2 is 1.62 bits per heavy atom. The monoisotopic (exact) mass is 576 g/mol. The van der Waals surface area contributed by atoms with E-state index in [9.17, 15) is 14.4 Å². The number of halogens is 2. The maximum absolute atomic E-state index is 13.1. The number of fused-ring (bicyclic) bond motifs is 1. The summed E-state index contributed by atoms with van der Waals surface area (Å²) in [5.41, 5.74) is 2.91. The third-order valence-corrected chi connectivity index (χ3v) is 6.65. The Hall–Kier alpha value is -4.28. The van der Waals surface area contributed by atoms with E-state index in [-0.39, 0.29) is 26.6 Å². The van der Waals surface area contributed by atoms with Crippen molar-refractivity contribution < 1.29 is 14.4 Å². The summed E-state index contributed by atoms with van der Waals surface area (Å²) >= 11 is 9.39. The third kappa shape index (κ3) is 5.02. The van der Waals surface area contributed by atoms with E-state index in [1.807, 2.05) is 42.5 Å². The van der Waals surface area contributed by atoms with Gasteiger partial charge in [0.15, 0.2) is 5.82 Å². The van der Waals surface area contributed by atoms with Crippen LogP contribution in [0.3, 0.4) is 0 Å².